The third-order valence-electron chi connectivity index (χ3n) is 7.09. The third-order valence-corrected chi connectivity index (χ3v) is 7.09. The first kappa shape index (κ1) is 26.5. The Kier molecular flexibility index (Phi) is 9.04. The minimum absolute atomic E-state index is 0.0527. The Bertz CT molecular complexity index is 1090. The monoisotopic (exact) mass is 503 g/mol. The van der Waals surface area contributed by atoms with Gasteiger partial charge in [-0.3, -0.25) is 9.69 Å². The van der Waals surface area contributed by atoms with Crippen LogP contribution in [0, 0.1) is 0 Å². The molecule has 3 aromatic rings. The molecule has 0 aliphatic carbocycles. The minimum atomic E-state index is -0.197. The molecule has 0 saturated carbocycles. The smallest absolute Gasteiger partial charge is 0.237 e. The number of carbonyl (C=O) groups excluding carboxylic acids is 1. The van der Waals surface area contributed by atoms with Crippen LogP contribution < -0.4 is 24.8 Å². The Morgan fingerprint density at radius 3 is 1.97 bits per heavy atom. The molecule has 4 rings (SSSR count). The maximum Gasteiger partial charge on any atom is 0.237 e. The Balaban J connectivity index is 1.52. The summed E-state index contributed by atoms with van der Waals surface area (Å²) < 4.78 is 16.5. The van der Waals surface area contributed by atoms with E-state index in [1.165, 1.54) is 11.1 Å². The van der Waals surface area contributed by atoms with Crippen LogP contribution in [-0.2, 0) is 11.3 Å². The number of hydrogen-bond donors (Lipinski definition) is 2. The fourth-order valence-corrected chi connectivity index (χ4v) is 5.20. The van der Waals surface area contributed by atoms with Gasteiger partial charge in [0.1, 0.15) is 0 Å². The number of likely N-dealkylation sites (tertiary alicyclic amines) is 1. The summed E-state index contributed by atoms with van der Waals surface area (Å²) in [6.07, 6.45) is 0.737. The number of carbonyl (C=O) groups is 1. The van der Waals surface area contributed by atoms with Crippen LogP contribution in [0.15, 0.2) is 72.8 Å². The molecule has 1 saturated heterocycles. The first-order valence-corrected chi connectivity index (χ1v) is 12.7. The summed E-state index contributed by atoms with van der Waals surface area (Å²) in [7, 11) is 6.55. The molecule has 1 aliphatic rings. The molecule has 1 fully saturated rings. The van der Waals surface area contributed by atoms with E-state index in [0.717, 1.165) is 25.1 Å². The van der Waals surface area contributed by atoms with E-state index in [-0.39, 0.29) is 23.9 Å². The van der Waals surface area contributed by atoms with Crippen LogP contribution in [0.3, 0.4) is 0 Å². The van der Waals surface area contributed by atoms with Crippen molar-refractivity contribution in [3.63, 3.8) is 0 Å². The Hall–Kier alpha value is -3.55. The van der Waals surface area contributed by atoms with Crippen molar-refractivity contribution < 1.29 is 19.0 Å². The number of amides is 1. The summed E-state index contributed by atoms with van der Waals surface area (Å²) >= 11 is 0. The van der Waals surface area contributed by atoms with E-state index < -0.39 is 0 Å². The van der Waals surface area contributed by atoms with Crippen molar-refractivity contribution in [1.29, 1.82) is 0 Å². The molecule has 0 radical (unpaired) electrons. The summed E-state index contributed by atoms with van der Waals surface area (Å²) in [5.74, 6) is 2.06. The number of hydrogen-bond acceptors (Lipinski definition) is 6. The zero-order chi connectivity index (χ0) is 26.2. The van der Waals surface area contributed by atoms with Gasteiger partial charge in [0, 0.05) is 38.6 Å². The maximum absolute atomic E-state index is 12.9. The van der Waals surface area contributed by atoms with Gasteiger partial charge in [-0.05, 0) is 35.2 Å². The second-order valence-corrected chi connectivity index (χ2v) is 9.31. The number of nitrogens with one attached hydrogen (secondary N) is 2. The fraction of sp³-hybridized carbons (Fsp3) is 0.367. The zero-order valence-corrected chi connectivity index (χ0v) is 22.1. The van der Waals surface area contributed by atoms with E-state index in [2.05, 4.69) is 64.1 Å². The molecule has 37 heavy (non-hydrogen) atoms. The zero-order valence-electron chi connectivity index (χ0n) is 22.1. The molecule has 3 aromatic carbocycles. The van der Waals surface area contributed by atoms with Crippen LogP contribution in [0.1, 0.15) is 29.0 Å². The third kappa shape index (κ3) is 6.24. The van der Waals surface area contributed by atoms with Gasteiger partial charge in [-0.2, -0.15) is 0 Å². The Morgan fingerprint density at radius 2 is 1.49 bits per heavy atom. The molecule has 1 amide bonds. The summed E-state index contributed by atoms with van der Waals surface area (Å²) in [5.41, 5.74) is 3.52. The van der Waals surface area contributed by atoms with Gasteiger partial charge >= 0.3 is 0 Å². The fourth-order valence-electron chi connectivity index (χ4n) is 5.20. The van der Waals surface area contributed by atoms with Gasteiger partial charge in [0.2, 0.25) is 11.7 Å². The predicted molar refractivity (Wildman–Crippen MR) is 145 cm³/mol. The van der Waals surface area contributed by atoms with Crippen molar-refractivity contribution in [2.75, 3.05) is 41.5 Å². The van der Waals surface area contributed by atoms with Gasteiger partial charge in [0.05, 0.1) is 27.4 Å². The SMILES string of the molecule is CNC(=O)[C@@H]1C[C@H](NCc2cc(OC)c(OC)c(OC)c2)CN1CC(c1ccccc1)c1ccccc1. The van der Waals surface area contributed by atoms with Gasteiger partial charge in [-0.15, -0.1) is 0 Å². The Morgan fingerprint density at radius 1 is 0.919 bits per heavy atom. The van der Waals surface area contributed by atoms with Gasteiger partial charge < -0.3 is 24.8 Å². The summed E-state index contributed by atoms with van der Waals surface area (Å²) in [6, 6.07) is 24.9. The first-order valence-electron chi connectivity index (χ1n) is 12.7. The van der Waals surface area contributed by atoms with Crippen molar-refractivity contribution in [2.45, 2.75) is 31.0 Å². The molecule has 0 spiro atoms. The highest BCUT2D eigenvalue weighted by atomic mass is 16.5. The van der Waals surface area contributed by atoms with E-state index in [1.807, 2.05) is 24.3 Å². The largest absolute Gasteiger partial charge is 0.493 e. The Labute approximate surface area is 219 Å². The lowest BCUT2D eigenvalue weighted by Crippen LogP contribution is -2.43. The second kappa shape index (κ2) is 12.6. The van der Waals surface area contributed by atoms with Crippen LogP contribution in [0.2, 0.25) is 0 Å². The molecule has 1 aliphatic heterocycles. The number of benzene rings is 3. The number of likely N-dealkylation sites (N-methyl/N-ethyl adjacent to an activating group) is 1. The number of ether oxygens (including phenoxy) is 3. The van der Waals surface area contributed by atoms with Crippen LogP contribution >= 0.6 is 0 Å². The van der Waals surface area contributed by atoms with Crippen molar-refractivity contribution in [3.05, 3.63) is 89.5 Å². The lowest BCUT2D eigenvalue weighted by atomic mass is 9.90. The topological polar surface area (TPSA) is 72.1 Å². The van der Waals surface area contributed by atoms with Crippen molar-refractivity contribution >= 4 is 5.91 Å². The molecule has 196 valence electrons. The van der Waals surface area contributed by atoms with Gasteiger partial charge in [-0.1, -0.05) is 60.7 Å². The highest BCUT2D eigenvalue weighted by molar-refractivity contribution is 5.82. The molecule has 7 nitrogen and oxygen atoms in total. The molecular formula is C30H37N3O4. The van der Waals surface area contributed by atoms with E-state index >= 15 is 0 Å². The molecule has 7 heteroatoms. The number of methoxy groups -OCH3 is 3. The van der Waals surface area contributed by atoms with E-state index in [4.69, 9.17) is 14.2 Å². The quantitative estimate of drug-likeness (QED) is 0.415. The van der Waals surface area contributed by atoms with Crippen LogP contribution in [0.5, 0.6) is 17.2 Å². The van der Waals surface area contributed by atoms with Crippen LogP contribution in [-0.4, -0.2) is 64.4 Å². The maximum atomic E-state index is 12.9. The number of rotatable bonds is 11. The van der Waals surface area contributed by atoms with Crippen molar-refractivity contribution in [2.24, 2.45) is 0 Å². The van der Waals surface area contributed by atoms with E-state index in [9.17, 15) is 4.79 Å². The van der Waals surface area contributed by atoms with Gasteiger partial charge in [0.25, 0.3) is 0 Å². The van der Waals surface area contributed by atoms with Crippen molar-refractivity contribution in [3.8, 4) is 17.2 Å². The lowest BCUT2D eigenvalue weighted by molar-refractivity contribution is -0.125. The van der Waals surface area contributed by atoms with Gasteiger partial charge in [0.15, 0.2) is 11.5 Å². The number of nitrogens with zero attached hydrogens (tertiary/aromatic N) is 1. The average Bonchev–Trinajstić information content (AvgIpc) is 3.37. The van der Waals surface area contributed by atoms with E-state index in [0.29, 0.717) is 23.8 Å². The normalized spacial score (nSPS) is 17.5. The molecular weight excluding hydrogens is 466 g/mol. The summed E-state index contributed by atoms with van der Waals surface area (Å²) in [6.45, 7) is 2.16. The van der Waals surface area contributed by atoms with Crippen molar-refractivity contribution in [1.82, 2.24) is 15.5 Å². The molecule has 2 atom stereocenters. The average molecular weight is 504 g/mol. The molecule has 0 bridgehead atoms. The minimum Gasteiger partial charge on any atom is -0.493 e. The summed E-state index contributed by atoms with van der Waals surface area (Å²) in [5, 5.41) is 6.53. The summed E-state index contributed by atoms with van der Waals surface area (Å²) in [4.78, 5) is 15.2. The molecule has 0 aromatic heterocycles. The molecule has 1 heterocycles. The highest BCUT2D eigenvalue weighted by Gasteiger charge is 2.37. The van der Waals surface area contributed by atoms with Crippen LogP contribution in [0.25, 0.3) is 0 Å². The molecule has 0 unspecified atom stereocenters. The van der Waals surface area contributed by atoms with E-state index in [1.54, 1.807) is 28.4 Å². The predicted octanol–water partition coefficient (Wildman–Crippen LogP) is 3.82. The molecule has 2 N–H and O–H groups in total. The highest BCUT2D eigenvalue weighted by Crippen LogP contribution is 2.38. The first-order chi connectivity index (χ1) is 18.1. The van der Waals surface area contributed by atoms with Crippen LogP contribution in [0.4, 0.5) is 0 Å². The van der Waals surface area contributed by atoms with Gasteiger partial charge in [-0.25, -0.2) is 0 Å². The second-order valence-electron chi connectivity index (χ2n) is 9.31. The lowest BCUT2D eigenvalue weighted by Gasteiger charge is -2.28. The standard InChI is InChI=1S/C30H37N3O4/c1-31-30(34)26-17-24(32-18-21-15-27(35-2)29(37-4)28(16-21)36-3)19-33(26)20-25(22-11-7-5-8-12-22)23-13-9-6-10-14-23/h5-16,24-26,32H,17-20H2,1-4H3,(H,31,34)/t24-,26-/m0/s1.